The van der Waals surface area contributed by atoms with E-state index >= 15 is 0 Å². The Labute approximate surface area is 199 Å². The van der Waals surface area contributed by atoms with Gasteiger partial charge in [0.05, 0.1) is 6.54 Å². The number of hydrogen-bond donors (Lipinski definition) is 2. The number of benzene rings is 1. The molecule has 3 rings (SSSR count). The van der Waals surface area contributed by atoms with Crippen LogP contribution >= 0.6 is 0 Å². The summed E-state index contributed by atoms with van der Waals surface area (Å²) in [6.07, 6.45) is 0.814. The number of halogens is 1. The molecule has 2 aromatic rings. The van der Waals surface area contributed by atoms with E-state index in [1.807, 2.05) is 0 Å². The molecule has 1 aliphatic heterocycles. The summed E-state index contributed by atoms with van der Waals surface area (Å²) in [4.78, 5) is 42.3. The molecule has 0 saturated carbocycles. The van der Waals surface area contributed by atoms with Crippen LogP contribution in [0.5, 0.6) is 0 Å². The topological polar surface area (TPSA) is 99.6 Å². The average molecular weight is 473 g/mol. The van der Waals surface area contributed by atoms with Gasteiger partial charge >= 0.3 is 0 Å². The molecule has 1 aliphatic rings. The Morgan fingerprint density at radius 3 is 2.50 bits per heavy atom. The van der Waals surface area contributed by atoms with Crippen molar-refractivity contribution in [3.05, 3.63) is 53.1 Å². The zero-order valence-electron chi connectivity index (χ0n) is 20.2. The molecule has 0 radical (unpaired) electrons. The second-order valence-electron chi connectivity index (χ2n) is 8.66. The van der Waals surface area contributed by atoms with E-state index in [0.717, 1.165) is 31.6 Å². The first-order valence-electron chi connectivity index (χ1n) is 11.6. The Morgan fingerprint density at radius 2 is 1.85 bits per heavy atom. The highest BCUT2D eigenvalue weighted by molar-refractivity contribution is 6.01. The second kappa shape index (κ2) is 10.8. The molecule has 1 aromatic heterocycles. The zero-order chi connectivity index (χ0) is 24.9. The normalized spacial score (nSPS) is 17.6. The number of rotatable bonds is 10. The Kier molecular flexibility index (Phi) is 8.03. The van der Waals surface area contributed by atoms with E-state index in [0.29, 0.717) is 6.54 Å². The maximum Gasteiger partial charge on any atom is 0.272 e. The van der Waals surface area contributed by atoms with Gasteiger partial charge in [-0.25, -0.2) is 4.39 Å². The fourth-order valence-electron chi connectivity index (χ4n) is 3.95. The van der Waals surface area contributed by atoms with Gasteiger partial charge in [-0.3, -0.25) is 19.1 Å². The molecular weight excluding hydrogens is 439 g/mol. The molecule has 0 fully saturated rings. The molecule has 34 heavy (non-hydrogen) atoms. The number of carbonyl (C=O) groups is 3. The first kappa shape index (κ1) is 25.4. The van der Waals surface area contributed by atoms with Gasteiger partial charge in [-0.1, -0.05) is 26.0 Å². The maximum absolute atomic E-state index is 13.1. The third-order valence-electron chi connectivity index (χ3n) is 6.42. The molecule has 0 bridgehead atoms. The Morgan fingerprint density at radius 1 is 1.18 bits per heavy atom. The monoisotopic (exact) mass is 472 g/mol. The number of aromatic nitrogens is 2. The van der Waals surface area contributed by atoms with Gasteiger partial charge < -0.3 is 20.4 Å². The average Bonchev–Trinajstić information content (AvgIpc) is 3.26. The smallest absolute Gasteiger partial charge is 0.272 e. The van der Waals surface area contributed by atoms with Crippen LogP contribution in [0.1, 0.15) is 53.7 Å². The van der Waals surface area contributed by atoms with E-state index in [9.17, 15) is 18.8 Å². The van der Waals surface area contributed by atoms with Crippen LogP contribution in [0.3, 0.4) is 0 Å². The van der Waals surface area contributed by atoms with E-state index in [-0.39, 0.29) is 42.1 Å². The number of nitrogens with one attached hydrogen (secondary N) is 2. The van der Waals surface area contributed by atoms with Gasteiger partial charge in [0.25, 0.3) is 11.8 Å². The summed E-state index contributed by atoms with van der Waals surface area (Å²) in [6, 6.07) is 7.30. The molecular formula is C24H33FN6O3. The SMILES string of the molecule is CCN(CC)CCCNC(=O)c1cc2n(n1)C[C@](C)(C(=O)NCc1ccc(F)cc1)N(C)C2=O. The minimum absolute atomic E-state index is 0.106. The highest BCUT2D eigenvalue weighted by Crippen LogP contribution is 2.26. The van der Waals surface area contributed by atoms with Crippen molar-refractivity contribution in [2.45, 2.75) is 45.8 Å². The molecule has 2 N–H and O–H groups in total. The Bertz CT molecular complexity index is 1030. The highest BCUT2D eigenvalue weighted by Gasteiger charge is 2.46. The molecule has 0 saturated heterocycles. The number of hydrogen-bond acceptors (Lipinski definition) is 5. The van der Waals surface area contributed by atoms with Crippen molar-refractivity contribution in [1.29, 1.82) is 0 Å². The van der Waals surface area contributed by atoms with Crippen molar-refractivity contribution in [2.75, 3.05) is 33.2 Å². The summed E-state index contributed by atoms with van der Waals surface area (Å²) >= 11 is 0. The lowest BCUT2D eigenvalue weighted by Gasteiger charge is -2.40. The van der Waals surface area contributed by atoms with Gasteiger partial charge in [0.15, 0.2) is 5.69 Å². The number of amides is 3. The van der Waals surface area contributed by atoms with Crippen LogP contribution in [0.25, 0.3) is 0 Å². The predicted octanol–water partition coefficient (Wildman–Crippen LogP) is 1.64. The Balaban J connectivity index is 1.64. The van der Waals surface area contributed by atoms with Gasteiger partial charge in [0.1, 0.15) is 17.1 Å². The highest BCUT2D eigenvalue weighted by atomic mass is 19.1. The van der Waals surface area contributed by atoms with E-state index < -0.39 is 11.4 Å². The molecule has 10 heteroatoms. The third-order valence-corrected chi connectivity index (χ3v) is 6.42. The summed E-state index contributed by atoms with van der Waals surface area (Å²) in [5.41, 5.74) is -0.0498. The number of likely N-dealkylation sites (N-methyl/N-ethyl adjacent to an activating group) is 1. The van der Waals surface area contributed by atoms with Gasteiger partial charge in [-0.2, -0.15) is 5.10 Å². The fraction of sp³-hybridized carbons (Fsp3) is 0.500. The molecule has 0 aliphatic carbocycles. The summed E-state index contributed by atoms with van der Waals surface area (Å²) in [6.45, 7) is 9.48. The van der Waals surface area contributed by atoms with Crippen LogP contribution in [0.2, 0.25) is 0 Å². The minimum Gasteiger partial charge on any atom is -0.351 e. The number of nitrogens with zero attached hydrogens (tertiary/aromatic N) is 4. The van der Waals surface area contributed by atoms with E-state index in [4.69, 9.17) is 0 Å². The number of carbonyl (C=O) groups excluding carboxylic acids is 3. The third kappa shape index (κ3) is 5.44. The summed E-state index contributed by atoms with van der Waals surface area (Å²) in [5.74, 6) is -1.45. The molecule has 1 aromatic carbocycles. The first-order chi connectivity index (χ1) is 16.2. The summed E-state index contributed by atoms with van der Waals surface area (Å²) in [7, 11) is 1.56. The van der Waals surface area contributed by atoms with Crippen molar-refractivity contribution < 1.29 is 18.8 Å². The Hall–Kier alpha value is -3.27. The standard InChI is InChI=1S/C24H33FN6O3/c1-5-30(6-2)13-7-12-26-21(32)19-14-20-22(33)29(4)24(3,16-31(20)28-19)23(34)27-15-17-8-10-18(25)11-9-17/h8-11,14H,5-7,12-13,15-16H2,1-4H3,(H,26,32)(H,27,34)/t24-/m1/s1. The van der Waals surface area contributed by atoms with Crippen molar-refractivity contribution in [3.8, 4) is 0 Å². The van der Waals surface area contributed by atoms with Crippen LogP contribution in [0.4, 0.5) is 4.39 Å². The van der Waals surface area contributed by atoms with Gasteiger partial charge in [-0.05, 0) is 50.7 Å². The second-order valence-corrected chi connectivity index (χ2v) is 8.66. The van der Waals surface area contributed by atoms with E-state index in [1.54, 1.807) is 26.1 Å². The zero-order valence-corrected chi connectivity index (χ0v) is 20.2. The van der Waals surface area contributed by atoms with Gasteiger partial charge in [-0.15, -0.1) is 0 Å². The van der Waals surface area contributed by atoms with Crippen LogP contribution in [-0.4, -0.2) is 76.1 Å². The molecule has 9 nitrogen and oxygen atoms in total. The molecule has 184 valence electrons. The lowest BCUT2D eigenvalue weighted by atomic mass is 9.96. The molecule has 1 atom stereocenters. The molecule has 3 amide bonds. The van der Waals surface area contributed by atoms with Gasteiger partial charge in [0, 0.05) is 26.2 Å². The van der Waals surface area contributed by atoms with Crippen LogP contribution in [-0.2, 0) is 17.9 Å². The van der Waals surface area contributed by atoms with Crippen molar-refractivity contribution in [2.24, 2.45) is 0 Å². The first-order valence-corrected chi connectivity index (χ1v) is 11.6. The summed E-state index contributed by atoms with van der Waals surface area (Å²) < 4.78 is 14.5. The number of fused-ring (bicyclic) bond motifs is 1. The van der Waals surface area contributed by atoms with E-state index in [1.165, 1.54) is 27.8 Å². The predicted molar refractivity (Wildman–Crippen MR) is 126 cm³/mol. The maximum atomic E-state index is 13.1. The summed E-state index contributed by atoms with van der Waals surface area (Å²) in [5, 5.41) is 9.98. The van der Waals surface area contributed by atoms with Crippen LogP contribution in [0.15, 0.2) is 30.3 Å². The van der Waals surface area contributed by atoms with Crippen molar-refractivity contribution in [1.82, 2.24) is 30.2 Å². The minimum atomic E-state index is -1.20. The van der Waals surface area contributed by atoms with Crippen LogP contribution < -0.4 is 10.6 Å². The lowest BCUT2D eigenvalue weighted by molar-refractivity contribution is -0.132. The van der Waals surface area contributed by atoms with Crippen LogP contribution in [0, 0.1) is 5.82 Å². The largest absolute Gasteiger partial charge is 0.351 e. The van der Waals surface area contributed by atoms with E-state index in [2.05, 4.69) is 34.5 Å². The lowest BCUT2D eigenvalue weighted by Crippen LogP contribution is -2.62. The van der Waals surface area contributed by atoms with Crippen molar-refractivity contribution >= 4 is 17.7 Å². The fourth-order valence-corrected chi connectivity index (χ4v) is 3.95. The quantitative estimate of drug-likeness (QED) is 0.512. The van der Waals surface area contributed by atoms with Gasteiger partial charge in [0.2, 0.25) is 5.91 Å². The molecule has 0 spiro atoms. The molecule has 2 heterocycles. The van der Waals surface area contributed by atoms with Crippen molar-refractivity contribution in [3.63, 3.8) is 0 Å². The molecule has 0 unspecified atom stereocenters.